The van der Waals surface area contributed by atoms with Crippen molar-refractivity contribution in [2.24, 2.45) is 0 Å². The first-order chi connectivity index (χ1) is 6.36. The van der Waals surface area contributed by atoms with Crippen molar-refractivity contribution in [3.05, 3.63) is 24.3 Å². The minimum Gasteiger partial charge on any atom is -0.372 e. The van der Waals surface area contributed by atoms with Crippen LogP contribution in [0.25, 0.3) is 0 Å². The summed E-state index contributed by atoms with van der Waals surface area (Å²) in [6, 6.07) is 10.2. The molecule has 13 heavy (non-hydrogen) atoms. The molecule has 0 unspecified atom stereocenters. The minimum atomic E-state index is 0.361. The average Bonchev–Trinajstić information content (AvgIpc) is 2.17. The monoisotopic (exact) mass is 192 g/mol. The van der Waals surface area contributed by atoms with Crippen LogP contribution in [0.5, 0.6) is 0 Å². The van der Waals surface area contributed by atoms with Crippen molar-refractivity contribution >= 4 is 17.4 Å². The Morgan fingerprint density at radius 1 is 1.38 bits per heavy atom. The molecule has 1 aromatic carbocycles. The number of hydrogen-bond donors (Lipinski definition) is 1. The molecule has 1 N–H and O–H groups in total. The van der Waals surface area contributed by atoms with Crippen LogP contribution in [0.15, 0.2) is 29.2 Å². The van der Waals surface area contributed by atoms with Crippen LogP contribution < -0.4 is 5.32 Å². The van der Waals surface area contributed by atoms with Crippen molar-refractivity contribution in [3.8, 4) is 6.07 Å². The maximum atomic E-state index is 8.35. The van der Waals surface area contributed by atoms with Crippen molar-refractivity contribution in [2.75, 3.05) is 17.6 Å². The highest BCUT2D eigenvalue weighted by Gasteiger charge is 1.92. The molecule has 0 radical (unpaired) electrons. The van der Waals surface area contributed by atoms with Gasteiger partial charge < -0.3 is 5.32 Å². The summed E-state index contributed by atoms with van der Waals surface area (Å²) in [4.78, 5) is 1.27. The van der Waals surface area contributed by atoms with Gasteiger partial charge in [0, 0.05) is 10.6 Å². The third-order valence-electron chi connectivity index (χ3n) is 1.54. The Bertz CT molecular complexity index is 287. The predicted octanol–water partition coefficient (Wildman–Crippen LogP) is 2.73. The molecule has 0 bridgehead atoms. The predicted molar refractivity (Wildman–Crippen MR) is 56.9 cm³/mol. The van der Waals surface area contributed by atoms with Gasteiger partial charge in [-0.2, -0.15) is 5.26 Å². The maximum Gasteiger partial charge on any atom is 0.103 e. The topological polar surface area (TPSA) is 35.8 Å². The van der Waals surface area contributed by atoms with Crippen LogP contribution in [0.1, 0.15) is 6.92 Å². The molecule has 0 atom stereocenters. The summed E-state index contributed by atoms with van der Waals surface area (Å²) in [7, 11) is 0. The van der Waals surface area contributed by atoms with Gasteiger partial charge in [-0.15, -0.1) is 11.8 Å². The molecule has 0 aliphatic carbocycles. The van der Waals surface area contributed by atoms with Gasteiger partial charge >= 0.3 is 0 Å². The zero-order valence-corrected chi connectivity index (χ0v) is 8.40. The highest BCUT2D eigenvalue weighted by molar-refractivity contribution is 7.99. The standard InChI is InChI=1S/C10H12N2S/c1-2-13-10-5-3-9(4-6-10)12-8-7-11/h3-6,12H,2,8H2,1H3. The summed E-state index contributed by atoms with van der Waals surface area (Å²) in [5.74, 6) is 1.09. The van der Waals surface area contributed by atoms with Crippen LogP contribution in [0.3, 0.4) is 0 Å². The van der Waals surface area contributed by atoms with E-state index in [9.17, 15) is 0 Å². The van der Waals surface area contributed by atoms with Crippen LogP contribution in [-0.2, 0) is 0 Å². The fraction of sp³-hybridized carbons (Fsp3) is 0.300. The molecule has 0 saturated heterocycles. The lowest BCUT2D eigenvalue weighted by atomic mass is 10.3. The van der Waals surface area contributed by atoms with E-state index in [2.05, 4.69) is 24.4 Å². The van der Waals surface area contributed by atoms with Gasteiger partial charge in [-0.05, 0) is 30.0 Å². The number of hydrogen-bond acceptors (Lipinski definition) is 3. The van der Waals surface area contributed by atoms with E-state index in [0.29, 0.717) is 6.54 Å². The summed E-state index contributed by atoms with van der Waals surface area (Å²) in [5.41, 5.74) is 1.00. The Kier molecular flexibility index (Phi) is 4.20. The molecule has 0 aliphatic heterocycles. The van der Waals surface area contributed by atoms with E-state index in [0.717, 1.165) is 11.4 Å². The number of nitrogens with one attached hydrogen (secondary N) is 1. The van der Waals surface area contributed by atoms with Crippen molar-refractivity contribution in [3.63, 3.8) is 0 Å². The van der Waals surface area contributed by atoms with Crippen LogP contribution >= 0.6 is 11.8 Å². The molecule has 3 heteroatoms. The molecule has 68 valence electrons. The van der Waals surface area contributed by atoms with Gasteiger partial charge in [0.25, 0.3) is 0 Å². The molecule has 2 nitrogen and oxygen atoms in total. The van der Waals surface area contributed by atoms with Crippen LogP contribution in [0, 0.1) is 11.3 Å². The largest absolute Gasteiger partial charge is 0.372 e. The highest BCUT2D eigenvalue weighted by Crippen LogP contribution is 2.19. The molecule has 0 aromatic heterocycles. The average molecular weight is 192 g/mol. The summed E-state index contributed by atoms with van der Waals surface area (Å²) >= 11 is 1.82. The number of anilines is 1. The van der Waals surface area contributed by atoms with Crippen molar-refractivity contribution < 1.29 is 0 Å². The second kappa shape index (κ2) is 5.50. The third-order valence-corrected chi connectivity index (χ3v) is 2.43. The molecular formula is C10H12N2S. The number of nitriles is 1. The van der Waals surface area contributed by atoms with E-state index in [1.807, 2.05) is 30.0 Å². The molecule has 0 amide bonds. The van der Waals surface area contributed by atoms with Crippen molar-refractivity contribution in [2.45, 2.75) is 11.8 Å². The van der Waals surface area contributed by atoms with Crippen LogP contribution in [0.2, 0.25) is 0 Å². The van der Waals surface area contributed by atoms with Crippen LogP contribution in [-0.4, -0.2) is 12.3 Å². The Hall–Kier alpha value is -1.14. The van der Waals surface area contributed by atoms with Gasteiger partial charge in [0.2, 0.25) is 0 Å². The first-order valence-corrected chi connectivity index (χ1v) is 5.19. The Labute approximate surface area is 83.0 Å². The fourth-order valence-electron chi connectivity index (χ4n) is 0.977. The molecule has 1 aromatic rings. The zero-order valence-electron chi connectivity index (χ0n) is 7.58. The Morgan fingerprint density at radius 2 is 2.08 bits per heavy atom. The number of thioether (sulfide) groups is 1. The summed E-state index contributed by atoms with van der Waals surface area (Å²) < 4.78 is 0. The first-order valence-electron chi connectivity index (χ1n) is 4.20. The Balaban J connectivity index is 2.54. The fourth-order valence-corrected chi connectivity index (χ4v) is 1.64. The second-order valence-corrected chi connectivity index (χ2v) is 3.81. The van der Waals surface area contributed by atoms with Gasteiger partial charge in [0.1, 0.15) is 6.54 Å². The van der Waals surface area contributed by atoms with E-state index in [4.69, 9.17) is 5.26 Å². The van der Waals surface area contributed by atoms with Crippen molar-refractivity contribution in [1.82, 2.24) is 0 Å². The van der Waals surface area contributed by atoms with E-state index in [1.165, 1.54) is 4.90 Å². The van der Waals surface area contributed by atoms with Gasteiger partial charge in [-0.25, -0.2) is 0 Å². The van der Waals surface area contributed by atoms with Crippen molar-refractivity contribution in [1.29, 1.82) is 5.26 Å². The second-order valence-electron chi connectivity index (χ2n) is 2.47. The zero-order chi connectivity index (χ0) is 9.52. The summed E-state index contributed by atoms with van der Waals surface area (Å²) in [6.07, 6.45) is 0. The number of benzene rings is 1. The van der Waals surface area contributed by atoms with Gasteiger partial charge in [-0.1, -0.05) is 6.92 Å². The summed E-state index contributed by atoms with van der Waals surface area (Å²) in [6.45, 7) is 2.49. The molecular weight excluding hydrogens is 180 g/mol. The summed E-state index contributed by atoms with van der Waals surface area (Å²) in [5, 5.41) is 11.3. The molecule has 0 spiro atoms. The van der Waals surface area contributed by atoms with E-state index in [1.54, 1.807) is 0 Å². The number of rotatable bonds is 4. The quantitative estimate of drug-likeness (QED) is 0.588. The lowest BCUT2D eigenvalue weighted by Crippen LogP contribution is -1.97. The molecule has 1 rings (SSSR count). The number of nitrogens with zero attached hydrogens (tertiary/aromatic N) is 1. The lowest BCUT2D eigenvalue weighted by Gasteiger charge is -2.02. The smallest absolute Gasteiger partial charge is 0.103 e. The molecule has 0 saturated carbocycles. The lowest BCUT2D eigenvalue weighted by molar-refractivity contribution is 1.30. The van der Waals surface area contributed by atoms with E-state index >= 15 is 0 Å². The molecule has 0 aliphatic rings. The van der Waals surface area contributed by atoms with Gasteiger partial charge in [-0.3, -0.25) is 0 Å². The van der Waals surface area contributed by atoms with E-state index in [-0.39, 0.29) is 0 Å². The maximum absolute atomic E-state index is 8.35. The molecule has 0 fully saturated rings. The minimum absolute atomic E-state index is 0.361. The van der Waals surface area contributed by atoms with Gasteiger partial charge in [0.05, 0.1) is 6.07 Å². The Morgan fingerprint density at radius 3 is 2.62 bits per heavy atom. The van der Waals surface area contributed by atoms with Gasteiger partial charge in [0.15, 0.2) is 0 Å². The highest BCUT2D eigenvalue weighted by atomic mass is 32.2. The third kappa shape index (κ3) is 3.39. The van der Waals surface area contributed by atoms with E-state index < -0.39 is 0 Å². The van der Waals surface area contributed by atoms with Crippen LogP contribution in [0.4, 0.5) is 5.69 Å². The SMILES string of the molecule is CCSc1ccc(NCC#N)cc1. The normalized spacial score (nSPS) is 9.23. The first kappa shape index (κ1) is 9.94. The molecule has 0 heterocycles.